The van der Waals surface area contributed by atoms with Crippen molar-refractivity contribution >= 4 is 23.4 Å². The number of rotatable bonds is 3. The molecule has 0 spiro atoms. The lowest BCUT2D eigenvalue weighted by Gasteiger charge is -2.22. The fourth-order valence-electron chi connectivity index (χ4n) is 2.72. The van der Waals surface area contributed by atoms with Crippen molar-refractivity contribution < 1.29 is 22.8 Å². The van der Waals surface area contributed by atoms with Crippen molar-refractivity contribution in [2.24, 2.45) is 5.92 Å². The van der Waals surface area contributed by atoms with Crippen molar-refractivity contribution in [3.05, 3.63) is 34.3 Å². The van der Waals surface area contributed by atoms with E-state index >= 15 is 0 Å². The van der Waals surface area contributed by atoms with Crippen LogP contribution in [0.4, 0.5) is 13.2 Å². The van der Waals surface area contributed by atoms with E-state index in [1.165, 1.54) is 24.1 Å². The van der Waals surface area contributed by atoms with Crippen LogP contribution in [0, 0.1) is 5.92 Å². The van der Waals surface area contributed by atoms with Crippen LogP contribution in [0.2, 0.25) is 5.02 Å². The van der Waals surface area contributed by atoms with E-state index in [9.17, 15) is 22.8 Å². The number of hydrogen-bond donors (Lipinski definition) is 1. The van der Waals surface area contributed by atoms with Gasteiger partial charge in [0.15, 0.2) is 0 Å². The lowest BCUT2D eigenvalue weighted by molar-refractivity contribution is -0.137. The van der Waals surface area contributed by atoms with Crippen molar-refractivity contribution in [1.29, 1.82) is 0 Å². The first-order valence-electron chi connectivity index (χ1n) is 7.01. The minimum atomic E-state index is -4.55. The van der Waals surface area contributed by atoms with Crippen molar-refractivity contribution in [2.45, 2.75) is 32.1 Å². The molecule has 0 aromatic heterocycles. The molecule has 126 valence electrons. The van der Waals surface area contributed by atoms with Crippen LogP contribution in [0.15, 0.2) is 18.2 Å². The number of alkyl halides is 3. The fourth-order valence-corrected chi connectivity index (χ4v) is 3.02. The van der Waals surface area contributed by atoms with E-state index in [0.717, 1.165) is 6.07 Å². The monoisotopic (exact) mass is 348 g/mol. The fraction of sp³-hybridized carbons (Fsp3) is 0.467. The second kappa shape index (κ2) is 6.39. The van der Waals surface area contributed by atoms with E-state index in [0.29, 0.717) is 0 Å². The van der Waals surface area contributed by atoms with Gasteiger partial charge in [0.2, 0.25) is 11.8 Å². The van der Waals surface area contributed by atoms with Gasteiger partial charge in [0.1, 0.15) is 6.04 Å². The van der Waals surface area contributed by atoms with Crippen LogP contribution in [-0.2, 0) is 22.3 Å². The maximum absolute atomic E-state index is 12.8. The molecule has 1 heterocycles. The van der Waals surface area contributed by atoms with Crippen LogP contribution >= 0.6 is 11.6 Å². The molecule has 4 nitrogen and oxygen atoms in total. The summed E-state index contributed by atoms with van der Waals surface area (Å²) in [6, 6.07) is 2.93. The van der Waals surface area contributed by atoms with Crippen molar-refractivity contribution in [1.82, 2.24) is 10.2 Å². The number of likely N-dealkylation sites (tertiary alicyclic amines) is 1. The molecule has 23 heavy (non-hydrogen) atoms. The lowest BCUT2D eigenvalue weighted by atomic mass is 10.0. The first-order chi connectivity index (χ1) is 10.6. The Morgan fingerprint density at radius 2 is 2.09 bits per heavy atom. The molecular weight excluding hydrogens is 333 g/mol. The predicted octanol–water partition coefficient (Wildman–Crippen LogP) is 2.84. The molecule has 0 aliphatic carbocycles. The van der Waals surface area contributed by atoms with Gasteiger partial charge in [-0.2, -0.15) is 13.2 Å². The van der Waals surface area contributed by atoms with Gasteiger partial charge >= 0.3 is 6.18 Å². The van der Waals surface area contributed by atoms with Crippen molar-refractivity contribution in [2.75, 3.05) is 7.05 Å². The highest BCUT2D eigenvalue weighted by molar-refractivity contribution is 6.32. The maximum Gasteiger partial charge on any atom is 0.417 e. The van der Waals surface area contributed by atoms with Gasteiger partial charge in [-0.25, -0.2) is 0 Å². The maximum atomic E-state index is 12.8. The van der Waals surface area contributed by atoms with Crippen LogP contribution in [0.1, 0.15) is 24.5 Å². The Morgan fingerprint density at radius 3 is 2.61 bits per heavy atom. The number of carbonyl (C=O) groups is 2. The molecular formula is C15H16ClF3N2O2. The van der Waals surface area contributed by atoms with Crippen LogP contribution in [0.3, 0.4) is 0 Å². The Bertz CT molecular complexity index is 634. The summed E-state index contributed by atoms with van der Waals surface area (Å²) in [5.41, 5.74) is -0.762. The summed E-state index contributed by atoms with van der Waals surface area (Å²) in [6.07, 6.45) is -4.28. The second-order valence-corrected chi connectivity index (χ2v) is 6.00. The van der Waals surface area contributed by atoms with Gasteiger partial charge in [0.25, 0.3) is 0 Å². The molecule has 2 amide bonds. The second-order valence-electron chi connectivity index (χ2n) is 5.63. The van der Waals surface area contributed by atoms with E-state index in [1.54, 1.807) is 6.92 Å². The number of carbonyl (C=O) groups excluding carboxylic acids is 2. The highest BCUT2D eigenvalue weighted by Gasteiger charge is 2.39. The molecule has 1 aliphatic rings. The molecule has 0 bridgehead atoms. The van der Waals surface area contributed by atoms with Gasteiger partial charge in [-0.3, -0.25) is 9.59 Å². The lowest BCUT2D eigenvalue weighted by Crippen LogP contribution is -2.44. The summed E-state index contributed by atoms with van der Waals surface area (Å²) >= 11 is 5.78. The highest BCUT2D eigenvalue weighted by Crippen LogP contribution is 2.36. The minimum absolute atomic E-state index is 0.130. The third-order valence-corrected chi connectivity index (χ3v) is 4.40. The summed E-state index contributed by atoms with van der Waals surface area (Å²) in [6.45, 7) is 1.65. The van der Waals surface area contributed by atoms with E-state index in [1.807, 2.05) is 0 Å². The Balaban J connectivity index is 2.10. The number of likely N-dealkylation sites (N-methyl/N-ethyl adjacent to an activating group) is 1. The molecule has 1 aromatic carbocycles. The van der Waals surface area contributed by atoms with E-state index in [2.05, 4.69) is 5.32 Å². The number of hydrogen-bond acceptors (Lipinski definition) is 2. The number of benzene rings is 1. The van der Waals surface area contributed by atoms with Crippen LogP contribution in [0.5, 0.6) is 0 Å². The van der Waals surface area contributed by atoms with Gasteiger partial charge in [-0.15, -0.1) is 0 Å². The van der Waals surface area contributed by atoms with Gasteiger partial charge in [-0.1, -0.05) is 30.7 Å². The zero-order valence-electron chi connectivity index (χ0n) is 12.6. The molecule has 1 aromatic rings. The zero-order valence-corrected chi connectivity index (χ0v) is 13.3. The molecule has 8 heteroatoms. The average molecular weight is 349 g/mol. The number of halogens is 4. The Labute approximate surface area is 136 Å². The topological polar surface area (TPSA) is 49.4 Å². The van der Waals surface area contributed by atoms with Gasteiger partial charge in [0.05, 0.1) is 10.6 Å². The van der Waals surface area contributed by atoms with E-state index < -0.39 is 28.7 Å². The summed E-state index contributed by atoms with van der Waals surface area (Å²) < 4.78 is 38.4. The molecule has 1 fully saturated rings. The molecule has 1 aliphatic heterocycles. The number of nitrogens with zero attached hydrogens (tertiary/aromatic N) is 1. The van der Waals surface area contributed by atoms with E-state index in [-0.39, 0.29) is 30.4 Å². The van der Waals surface area contributed by atoms with Gasteiger partial charge in [0, 0.05) is 20.0 Å². The first kappa shape index (κ1) is 17.6. The minimum Gasteiger partial charge on any atom is -0.350 e. The molecule has 2 atom stereocenters. The summed E-state index contributed by atoms with van der Waals surface area (Å²) in [5, 5.41) is 2.13. The molecule has 2 rings (SSSR count). The van der Waals surface area contributed by atoms with Crippen LogP contribution < -0.4 is 5.32 Å². The van der Waals surface area contributed by atoms with Gasteiger partial charge < -0.3 is 10.2 Å². The number of amides is 2. The number of nitrogens with one attached hydrogen (secondary N) is 1. The zero-order chi connectivity index (χ0) is 17.4. The Kier molecular flexibility index (Phi) is 4.89. The highest BCUT2D eigenvalue weighted by atomic mass is 35.5. The Morgan fingerprint density at radius 1 is 1.43 bits per heavy atom. The summed E-state index contributed by atoms with van der Waals surface area (Å²) in [5.74, 6) is -0.682. The molecule has 0 unspecified atom stereocenters. The van der Waals surface area contributed by atoms with Gasteiger partial charge in [-0.05, 0) is 17.5 Å². The molecule has 1 N–H and O–H groups in total. The molecule has 0 radical (unpaired) electrons. The standard InChI is InChI=1S/C15H16ClF3N2O2/c1-8-6-11(22)21(2)13(8)14(23)20-7-9-4-3-5-10(12(9)16)15(17,18)19/h3-5,8,13H,6-7H2,1-2H3,(H,20,23)/t8-,13+/m1/s1. The smallest absolute Gasteiger partial charge is 0.350 e. The van der Waals surface area contributed by atoms with Crippen molar-refractivity contribution in [3.63, 3.8) is 0 Å². The van der Waals surface area contributed by atoms with Crippen LogP contribution in [-0.4, -0.2) is 29.8 Å². The van der Waals surface area contributed by atoms with E-state index in [4.69, 9.17) is 11.6 Å². The first-order valence-corrected chi connectivity index (χ1v) is 7.38. The summed E-state index contributed by atoms with van der Waals surface area (Å²) in [7, 11) is 1.54. The molecule has 0 saturated carbocycles. The predicted molar refractivity (Wildman–Crippen MR) is 78.6 cm³/mol. The van der Waals surface area contributed by atoms with Crippen LogP contribution in [0.25, 0.3) is 0 Å². The average Bonchev–Trinajstić information content (AvgIpc) is 2.69. The molecule has 1 saturated heterocycles. The quantitative estimate of drug-likeness (QED) is 0.913. The third kappa shape index (κ3) is 3.60. The third-order valence-electron chi connectivity index (χ3n) is 3.95. The van der Waals surface area contributed by atoms with Crippen molar-refractivity contribution in [3.8, 4) is 0 Å². The normalized spacial score (nSPS) is 21.7. The Hall–Kier alpha value is -1.76. The largest absolute Gasteiger partial charge is 0.417 e. The SMILES string of the molecule is C[C@@H]1CC(=O)N(C)[C@@H]1C(=O)NCc1cccc(C(F)(F)F)c1Cl. The summed E-state index contributed by atoms with van der Waals surface area (Å²) in [4.78, 5) is 25.1.